The van der Waals surface area contributed by atoms with Crippen LogP contribution in [0.3, 0.4) is 0 Å². The second-order valence-corrected chi connectivity index (χ2v) is 6.65. The number of allylic oxidation sites excluding steroid dienone is 2. The molecule has 0 radical (unpaired) electrons. The Morgan fingerprint density at radius 2 is 1.73 bits per heavy atom. The molecule has 0 saturated carbocycles. The van der Waals surface area contributed by atoms with E-state index in [0.29, 0.717) is 28.5 Å². The first-order valence-corrected chi connectivity index (χ1v) is 7.79. The number of rotatable bonds is 2. The van der Waals surface area contributed by atoms with Crippen molar-refractivity contribution in [1.29, 1.82) is 0 Å². The molecule has 112 valence electrons. The van der Waals surface area contributed by atoms with E-state index in [2.05, 4.69) is 0 Å². The van der Waals surface area contributed by atoms with Gasteiger partial charge in [-0.3, -0.25) is 9.59 Å². The molecule has 0 unspecified atom stereocenters. The third-order valence-electron chi connectivity index (χ3n) is 4.16. The summed E-state index contributed by atoms with van der Waals surface area (Å²) in [6.45, 7) is 6.03. The summed E-state index contributed by atoms with van der Waals surface area (Å²) < 4.78 is 0. The summed E-state index contributed by atoms with van der Waals surface area (Å²) in [5, 5.41) is 2.24. The van der Waals surface area contributed by atoms with E-state index < -0.39 is 5.78 Å². The number of benzene rings is 2. The number of carbonyl (C=O) groups is 2. The van der Waals surface area contributed by atoms with Gasteiger partial charge in [0.1, 0.15) is 0 Å². The summed E-state index contributed by atoms with van der Waals surface area (Å²) in [6, 6.07) is 9.34. The average Bonchev–Trinajstić information content (AvgIpc) is 2.48. The first-order valence-electron chi connectivity index (χ1n) is 7.41. The highest BCUT2D eigenvalue weighted by molar-refractivity contribution is 6.54. The number of halogens is 1. The number of hydrogen-bond acceptors (Lipinski definition) is 2. The lowest BCUT2D eigenvalue weighted by Gasteiger charge is -2.22. The maximum Gasteiger partial charge on any atom is 0.234 e. The van der Waals surface area contributed by atoms with Gasteiger partial charge in [-0.15, -0.1) is 0 Å². The van der Waals surface area contributed by atoms with Crippen LogP contribution in [0.2, 0.25) is 5.02 Å². The molecule has 1 aliphatic carbocycles. The van der Waals surface area contributed by atoms with Gasteiger partial charge in [-0.05, 0) is 53.3 Å². The zero-order valence-electron chi connectivity index (χ0n) is 12.9. The summed E-state index contributed by atoms with van der Waals surface area (Å²) in [5.74, 6) is -0.451. The topological polar surface area (TPSA) is 34.1 Å². The van der Waals surface area contributed by atoms with E-state index in [-0.39, 0.29) is 5.78 Å². The Hall–Kier alpha value is -1.93. The van der Waals surface area contributed by atoms with Gasteiger partial charge in [0.2, 0.25) is 11.6 Å². The van der Waals surface area contributed by atoms with Crippen LogP contribution in [-0.2, 0) is 4.79 Å². The predicted molar refractivity (Wildman–Crippen MR) is 90.3 cm³/mol. The first kappa shape index (κ1) is 15.0. The fraction of sp³-hybridized carbons (Fsp3) is 0.263. The monoisotopic (exact) mass is 312 g/mol. The predicted octanol–water partition coefficient (Wildman–Crippen LogP) is 5.08. The molecule has 0 amide bonds. The standard InChI is InChI=1S/C19H17ClO2/c1-10(2)8-15-11(3)14-7-5-12-4-6-13(20)9-16(12)17(14)19(22)18(15)21/h4-7,9-10H,8H2,1-3H3. The van der Waals surface area contributed by atoms with Crippen LogP contribution >= 0.6 is 11.6 Å². The molecule has 0 spiro atoms. The summed E-state index contributed by atoms with van der Waals surface area (Å²) in [6.07, 6.45) is 0.628. The molecule has 0 heterocycles. The number of fused-ring (bicyclic) bond motifs is 3. The highest BCUT2D eigenvalue weighted by Gasteiger charge is 2.32. The number of carbonyl (C=O) groups excluding carboxylic acids is 2. The maximum atomic E-state index is 12.7. The van der Waals surface area contributed by atoms with Crippen molar-refractivity contribution in [2.24, 2.45) is 5.92 Å². The lowest BCUT2D eigenvalue weighted by Crippen LogP contribution is -2.24. The fourth-order valence-corrected chi connectivity index (χ4v) is 3.26. The highest BCUT2D eigenvalue weighted by Crippen LogP contribution is 2.36. The molecule has 0 N–H and O–H groups in total. The summed E-state index contributed by atoms with van der Waals surface area (Å²) >= 11 is 6.07. The second-order valence-electron chi connectivity index (χ2n) is 6.21. The van der Waals surface area contributed by atoms with Crippen molar-refractivity contribution >= 4 is 39.5 Å². The van der Waals surface area contributed by atoms with Gasteiger partial charge in [0.15, 0.2) is 0 Å². The minimum absolute atomic E-state index is 0.332. The molecule has 0 saturated heterocycles. The minimum atomic E-state index is -0.413. The van der Waals surface area contributed by atoms with Crippen LogP contribution in [0.25, 0.3) is 16.3 Å². The molecule has 1 aliphatic rings. The number of Topliss-reactive ketones (excluding diaryl/α,β-unsaturated/α-hetero) is 2. The lowest BCUT2D eigenvalue weighted by molar-refractivity contribution is -0.112. The van der Waals surface area contributed by atoms with E-state index in [0.717, 1.165) is 21.9 Å². The van der Waals surface area contributed by atoms with Crippen molar-refractivity contribution in [3.8, 4) is 0 Å². The van der Waals surface area contributed by atoms with Crippen LogP contribution in [0.1, 0.15) is 43.1 Å². The largest absolute Gasteiger partial charge is 0.285 e. The first-order chi connectivity index (χ1) is 10.4. The Morgan fingerprint density at radius 1 is 1.05 bits per heavy atom. The van der Waals surface area contributed by atoms with Gasteiger partial charge < -0.3 is 0 Å². The van der Waals surface area contributed by atoms with Gasteiger partial charge in [-0.25, -0.2) is 0 Å². The maximum absolute atomic E-state index is 12.7. The van der Waals surface area contributed by atoms with E-state index in [4.69, 9.17) is 11.6 Å². The van der Waals surface area contributed by atoms with Gasteiger partial charge in [-0.1, -0.05) is 43.6 Å². The molecule has 0 atom stereocenters. The quantitative estimate of drug-likeness (QED) is 0.725. The Kier molecular flexibility index (Phi) is 3.65. The van der Waals surface area contributed by atoms with Crippen molar-refractivity contribution in [3.05, 3.63) is 52.1 Å². The Balaban J connectivity index is 2.34. The van der Waals surface area contributed by atoms with Crippen LogP contribution in [0.15, 0.2) is 35.9 Å². The smallest absolute Gasteiger partial charge is 0.234 e. The molecule has 0 aromatic heterocycles. The van der Waals surface area contributed by atoms with Crippen LogP contribution in [0.5, 0.6) is 0 Å². The van der Waals surface area contributed by atoms with E-state index in [1.165, 1.54) is 0 Å². The molecule has 0 fully saturated rings. The SMILES string of the molecule is CC1=C(CC(C)C)C(=O)C(=O)c2c1ccc1ccc(Cl)cc21. The normalized spacial score (nSPS) is 15.0. The molecular formula is C19H17ClO2. The lowest BCUT2D eigenvalue weighted by atomic mass is 9.79. The molecule has 22 heavy (non-hydrogen) atoms. The van der Waals surface area contributed by atoms with Crippen LogP contribution in [-0.4, -0.2) is 11.6 Å². The molecule has 2 nitrogen and oxygen atoms in total. The zero-order chi connectivity index (χ0) is 16.0. The van der Waals surface area contributed by atoms with Gasteiger partial charge >= 0.3 is 0 Å². The van der Waals surface area contributed by atoms with Crippen molar-refractivity contribution in [1.82, 2.24) is 0 Å². The van der Waals surface area contributed by atoms with E-state index in [1.54, 1.807) is 12.1 Å². The van der Waals surface area contributed by atoms with Gasteiger partial charge in [-0.2, -0.15) is 0 Å². The zero-order valence-corrected chi connectivity index (χ0v) is 13.6. The second kappa shape index (κ2) is 5.36. The summed E-state index contributed by atoms with van der Waals surface area (Å²) in [7, 11) is 0. The van der Waals surface area contributed by atoms with Crippen molar-refractivity contribution in [3.63, 3.8) is 0 Å². The minimum Gasteiger partial charge on any atom is -0.285 e. The van der Waals surface area contributed by atoms with Gasteiger partial charge in [0.05, 0.1) is 0 Å². The average molecular weight is 313 g/mol. The molecule has 2 aromatic carbocycles. The Morgan fingerprint density at radius 3 is 2.41 bits per heavy atom. The van der Waals surface area contributed by atoms with Crippen LogP contribution in [0.4, 0.5) is 0 Å². The van der Waals surface area contributed by atoms with Crippen molar-refractivity contribution < 1.29 is 9.59 Å². The Bertz CT molecular complexity index is 844. The Labute approximate surface area is 134 Å². The fourth-order valence-electron chi connectivity index (χ4n) is 3.09. The molecule has 2 aromatic rings. The van der Waals surface area contributed by atoms with Crippen LogP contribution in [0, 0.1) is 5.92 Å². The van der Waals surface area contributed by atoms with Crippen molar-refractivity contribution in [2.45, 2.75) is 27.2 Å². The molecule has 0 aliphatic heterocycles. The van der Waals surface area contributed by atoms with Gasteiger partial charge in [0, 0.05) is 16.2 Å². The van der Waals surface area contributed by atoms with E-state index in [9.17, 15) is 9.59 Å². The number of ketones is 2. The van der Waals surface area contributed by atoms with E-state index >= 15 is 0 Å². The third-order valence-corrected chi connectivity index (χ3v) is 4.40. The van der Waals surface area contributed by atoms with Crippen LogP contribution < -0.4 is 0 Å². The summed E-state index contributed by atoms with van der Waals surface area (Å²) in [5.41, 5.74) is 2.91. The van der Waals surface area contributed by atoms with Crippen molar-refractivity contribution in [2.75, 3.05) is 0 Å². The van der Waals surface area contributed by atoms with Gasteiger partial charge in [0.25, 0.3) is 0 Å². The summed E-state index contributed by atoms with van der Waals surface area (Å²) in [4.78, 5) is 25.2. The van der Waals surface area contributed by atoms with E-state index in [1.807, 2.05) is 39.0 Å². The molecule has 3 rings (SSSR count). The highest BCUT2D eigenvalue weighted by atomic mass is 35.5. The molecule has 3 heteroatoms. The molecular weight excluding hydrogens is 296 g/mol. The number of hydrogen-bond donors (Lipinski definition) is 0. The third kappa shape index (κ3) is 2.28. The molecule has 0 bridgehead atoms.